The third-order valence-corrected chi connectivity index (χ3v) is 2.91. The topological polar surface area (TPSA) is 150 Å². The second-order valence-corrected chi connectivity index (χ2v) is 4.34. The normalized spacial score (nSPS) is 11.2. The van der Waals surface area contributed by atoms with E-state index < -0.39 is 5.91 Å². The number of aromatic nitrogens is 5. The number of hydrazone groups is 1. The summed E-state index contributed by atoms with van der Waals surface area (Å²) in [7, 11) is 0. The molecule has 0 fully saturated rings. The zero-order valence-electron chi connectivity index (χ0n) is 12.0. The lowest BCUT2D eigenvalue weighted by molar-refractivity contribution is 0.0949. The summed E-state index contributed by atoms with van der Waals surface area (Å²) >= 11 is 0. The molecule has 0 saturated carbocycles. The minimum atomic E-state index is -0.522. The number of amides is 1. The molecule has 3 aromatic rings. The fourth-order valence-electron chi connectivity index (χ4n) is 1.88. The van der Waals surface area contributed by atoms with Gasteiger partial charge in [0.25, 0.3) is 5.91 Å². The number of nitrogens with one attached hydrogen (secondary N) is 1. The molecule has 0 bridgehead atoms. The SMILES string of the molecule is CCc1c(C(=O)N/N=C\c2ccco2)nnn1-c1nonc1N. The van der Waals surface area contributed by atoms with E-state index in [0.29, 0.717) is 17.9 Å². The minimum absolute atomic E-state index is 0.0485. The van der Waals surface area contributed by atoms with Gasteiger partial charge in [0.05, 0.1) is 18.2 Å². The maximum atomic E-state index is 12.2. The predicted molar refractivity (Wildman–Crippen MR) is 76.8 cm³/mol. The molecule has 118 valence electrons. The highest BCUT2D eigenvalue weighted by Gasteiger charge is 2.22. The van der Waals surface area contributed by atoms with Gasteiger partial charge in [0, 0.05) is 0 Å². The number of nitrogens with zero attached hydrogens (tertiary/aromatic N) is 6. The van der Waals surface area contributed by atoms with Crippen LogP contribution >= 0.6 is 0 Å². The van der Waals surface area contributed by atoms with Crippen molar-refractivity contribution in [1.82, 2.24) is 30.7 Å². The van der Waals surface area contributed by atoms with Gasteiger partial charge in [-0.2, -0.15) is 9.78 Å². The standard InChI is InChI=1S/C12H12N8O3/c1-2-8-9(12(21)16-14-6-7-4-3-5-22-7)15-19-20(8)11-10(13)17-23-18-11/h3-6H,2H2,1H3,(H2,13,17)(H,16,21)/b14-6-. The number of hydrogen-bond acceptors (Lipinski definition) is 9. The van der Waals surface area contributed by atoms with Gasteiger partial charge in [-0.1, -0.05) is 12.1 Å². The molecule has 23 heavy (non-hydrogen) atoms. The molecule has 0 aromatic carbocycles. The Morgan fingerprint density at radius 1 is 1.52 bits per heavy atom. The molecule has 11 nitrogen and oxygen atoms in total. The number of nitrogen functional groups attached to an aromatic ring is 1. The first kappa shape index (κ1) is 14.4. The van der Waals surface area contributed by atoms with Crippen molar-refractivity contribution in [3.63, 3.8) is 0 Å². The van der Waals surface area contributed by atoms with E-state index >= 15 is 0 Å². The third kappa shape index (κ3) is 2.79. The Morgan fingerprint density at radius 3 is 3.04 bits per heavy atom. The van der Waals surface area contributed by atoms with Crippen LogP contribution in [0.25, 0.3) is 5.82 Å². The lowest BCUT2D eigenvalue weighted by Crippen LogP contribution is -2.20. The van der Waals surface area contributed by atoms with Crippen LogP contribution in [0.2, 0.25) is 0 Å². The van der Waals surface area contributed by atoms with Gasteiger partial charge in [-0.15, -0.1) is 5.10 Å². The molecule has 3 aromatic heterocycles. The highest BCUT2D eigenvalue weighted by Crippen LogP contribution is 2.15. The molecule has 0 saturated heterocycles. The summed E-state index contributed by atoms with van der Waals surface area (Å²) in [5, 5.41) is 18.6. The number of furan rings is 1. The fraction of sp³-hybridized carbons (Fsp3) is 0.167. The van der Waals surface area contributed by atoms with Crippen molar-refractivity contribution < 1.29 is 13.8 Å². The van der Waals surface area contributed by atoms with Crippen molar-refractivity contribution >= 4 is 17.9 Å². The van der Waals surface area contributed by atoms with Crippen molar-refractivity contribution in [2.45, 2.75) is 13.3 Å². The molecule has 1 amide bonds. The van der Waals surface area contributed by atoms with Crippen LogP contribution in [0, 0.1) is 0 Å². The fourth-order valence-corrected chi connectivity index (χ4v) is 1.88. The van der Waals surface area contributed by atoms with Crippen LogP contribution in [0.15, 0.2) is 32.5 Å². The second kappa shape index (κ2) is 6.09. The Kier molecular flexibility index (Phi) is 3.82. The van der Waals surface area contributed by atoms with Crippen LogP contribution < -0.4 is 11.2 Å². The van der Waals surface area contributed by atoms with Gasteiger partial charge in [-0.3, -0.25) is 4.79 Å². The maximum Gasteiger partial charge on any atom is 0.293 e. The average Bonchev–Trinajstić information content (AvgIpc) is 3.26. The highest BCUT2D eigenvalue weighted by atomic mass is 16.6. The van der Waals surface area contributed by atoms with E-state index in [-0.39, 0.29) is 17.3 Å². The molecule has 0 aliphatic heterocycles. The molecular weight excluding hydrogens is 304 g/mol. The molecule has 0 aliphatic rings. The molecule has 3 rings (SSSR count). The van der Waals surface area contributed by atoms with Crippen LogP contribution in [-0.2, 0) is 6.42 Å². The summed E-state index contributed by atoms with van der Waals surface area (Å²) in [5.74, 6) is 0.205. The van der Waals surface area contributed by atoms with E-state index in [1.54, 1.807) is 12.1 Å². The summed E-state index contributed by atoms with van der Waals surface area (Å²) in [6.45, 7) is 1.84. The van der Waals surface area contributed by atoms with Gasteiger partial charge in [0.2, 0.25) is 11.6 Å². The maximum absolute atomic E-state index is 12.2. The smallest absolute Gasteiger partial charge is 0.293 e. The number of nitrogens with two attached hydrogens (primary N) is 1. The summed E-state index contributed by atoms with van der Waals surface area (Å²) in [6.07, 6.45) is 3.33. The minimum Gasteiger partial charge on any atom is -0.463 e. The third-order valence-electron chi connectivity index (χ3n) is 2.91. The Hall–Kier alpha value is -3.50. The largest absolute Gasteiger partial charge is 0.463 e. The number of anilines is 1. The number of carbonyl (C=O) groups excluding carboxylic acids is 1. The first-order valence-corrected chi connectivity index (χ1v) is 6.60. The van der Waals surface area contributed by atoms with Gasteiger partial charge < -0.3 is 10.2 Å². The summed E-state index contributed by atoms with van der Waals surface area (Å²) in [4.78, 5) is 12.2. The van der Waals surface area contributed by atoms with Crippen molar-refractivity contribution in [2.24, 2.45) is 5.10 Å². The summed E-state index contributed by atoms with van der Waals surface area (Å²) in [6, 6.07) is 3.41. The van der Waals surface area contributed by atoms with Gasteiger partial charge in [-0.25, -0.2) is 10.1 Å². The van der Waals surface area contributed by atoms with Crippen molar-refractivity contribution in [3.8, 4) is 5.82 Å². The molecule has 3 N–H and O–H groups in total. The molecule has 0 spiro atoms. The zero-order chi connectivity index (χ0) is 16.2. The van der Waals surface area contributed by atoms with E-state index in [0.717, 1.165) is 0 Å². The van der Waals surface area contributed by atoms with Crippen molar-refractivity contribution in [1.29, 1.82) is 0 Å². The van der Waals surface area contributed by atoms with Gasteiger partial charge in [0.15, 0.2) is 5.69 Å². The monoisotopic (exact) mass is 316 g/mol. The van der Waals surface area contributed by atoms with Crippen LogP contribution in [0.1, 0.15) is 28.9 Å². The number of hydrogen-bond donors (Lipinski definition) is 2. The molecule has 0 radical (unpaired) electrons. The molecule has 0 aliphatic carbocycles. The first-order valence-electron chi connectivity index (χ1n) is 6.60. The highest BCUT2D eigenvalue weighted by molar-refractivity contribution is 5.94. The zero-order valence-corrected chi connectivity index (χ0v) is 12.0. The Balaban J connectivity index is 1.81. The Morgan fingerprint density at radius 2 is 2.39 bits per heavy atom. The number of carbonyl (C=O) groups is 1. The molecular formula is C12H12N8O3. The second-order valence-electron chi connectivity index (χ2n) is 4.34. The lowest BCUT2D eigenvalue weighted by Gasteiger charge is -2.01. The quantitative estimate of drug-likeness (QED) is 0.498. The Labute approximate surface area is 129 Å². The van der Waals surface area contributed by atoms with Crippen LogP contribution in [0.4, 0.5) is 5.82 Å². The van der Waals surface area contributed by atoms with Gasteiger partial charge >= 0.3 is 0 Å². The lowest BCUT2D eigenvalue weighted by atomic mass is 10.2. The van der Waals surface area contributed by atoms with E-state index in [2.05, 4.69) is 35.8 Å². The summed E-state index contributed by atoms with van der Waals surface area (Å²) < 4.78 is 10.9. The molecule has 0 unspecified atom stereocenters. The van der Waals surface area contributed by atoms with Crippen LogP contribution in [0.3, 0.4) is 0 Å². The number of rotatable bonds is 5. The molecule has 0 atom stereocenters. The first-order chi connectivity index (χ1) is 11.2. The predicted octanol–water partition coefficient (Wildman–Crippen LogP) is 0.152. The molecule has 3 heterocycles. The van der Waals surface area contributed by atoms with Gasteiger partial charge in [0.1, 0.15) is 5.76 Å². The van der Waals surface area contributed by atoms with E-state index in [4.69, 9.17) is 10.2 Å². The van der Waals surface area contributed by atoms with Crippen LogP contribution in [0.5, 0.6) is 0 Å². The van der Waals surface area contributed by atoms with E-state index in [9.17, 15) is 4.79 Å². The van der Waals surface area contributed by atoms with Crippen molar-refractivity contribution in [3.05, 3.63) is 35.5 Å². The average molecular weight is 316 g/mol. The summed E-state index contributed by atoms with van der Waals surface area (Å²) in [5.41, 5.74) is 8.58. The van der Waals surface area contributed by atoms with E-state index in [1.165, 1.54) is 17.2 Å². The van der Waals surface area contributed by atoms with Crippen molar-refractivity contribution in [2.75, 3.05) is 5.73 Å². The Bertz CT molecular complexity index is 832. The van der Waals surface area contributed by atoms with Crippen LogP contribution in [-0.4, -0.2) is 37.4 Å². The molecule has 11 heteroatoms. The van der Waals surface area contributed by atoms with Gasteiger partial charge in [-0.05, 0) is 28.9 Å². The van der Waals surface area contributed by atoms with E-state index in [1.807, 2.05) is 6.92 Å².